The van der Waals surface area contributed by atoms with Crippen molar-refractivity contribution < 1.29 is 4.74 Å². The van der Waals surface area contributed by atoms with E-state index >= 15 is 0 Å². The highest BCUT2D eigenvalue weighted by Crippen LogP contribution is 2.25. The zero-order chi connectivity index (χ0) is 13.1. The summed E-state index contributed by atoms with van der Waals surface area (Å²) in [7, 11) is 0. The number of morpholine rings is 1. The lowest BCUT2D eigenvalue weighted by Crippen LogP contribution is -2.44. The zero-order valence-electron chi connectivity index (χ0n) is 12.7. The molecular weight excluding hydrogens is 210 g/mol. The Labute approximate surface area is 108 Å². The molecule has 1 heterocycles. The molecule has 2 nitrogen and oxygen atoms in total. The van der Waals surface area contributed by atoms with E-state index in [9.17, 15) is 0 Å². The second-order valence-electron chi connectivity index (χ2n) is 7.87. The zero-order valence-corrected chi connectivity index (χ0v) is 12.7. The van der Waals surface area contributed by atoms with Crippen LogP contribution < -0.4 is 0 Å². The molecule has 1 aliphatic heterocycles. The normalized spacial score (nSPS) is 24.0. The van der Waals surface area contributed by atoms with Crippen LogP contribution in [0.25, 0.3) is 0 Å². The van der Waals surface area contributed by atoms with Gasteiger partial charge < -0.3 is 4.74 Å². The van der Waals surface area contributed by atoms with Crippen LogP contribution in [0.2, 0.25) is 0 Å². The lowest BCUT2D eigenvalue weighted by Gasteiger charge is -2.37. The molecule has 1 aliphatic rings. The van der Waals surface area contributed by atoms with E-state index in [-0.39, 0.29) is 0 Å². The van der Waals surface area contributed by atoms with Gasteiger partial charge in [0.1, 0.15) is 0 Å². The second kappa shape index (κ2) is 5.71. The molecule has 0 saturated carbocycles. The first-order valence-electron chi connectivity index (χ1n) is 7.00. The van der Waals surface area contributed by atoms with Crippen molar-refractivity contribution in [3.8, 4) is 0 Å². The first kappa shape index (κ1) is 15.0. The van der Waals surface area contributed by atoms with Gasteiger partial charge in [0, 0.05) is 13.1 Å². The van der Waals surface area contributed by atoms with Gasteiger partial charge in [0.2, 0.25) is 0 Å². The van der Waals surface area contributed by atoms with Crippen molar-refractivity contribution >= 4 is 0 Å². The third kappa shape index (κ3) is 7.05. The van der Waals surface area contributed by atoms with Gasteiger partial charge in [-0.3, -0.25) is 4.90 Å². The summed E-state index contributed by atoms with van der Waals surface area (Å²) < 4.78 is 5.87. The fourth-order valence-corrected chi connectivity index (χ4v) is 2.28. The van der Waals surface area contributed by atoms with E-state index in [1.807, 2.05) is 0 Å². The fraction of sp³-hybridized carbons (Fsp3) is 1.00. The van der Waals surface area contributed by atoms with Gasteiger partial charge in [-0.25, -0.2) is 0 Å². The Morgan fingerprint density at radius 2 is 1.71 bits per heavy atom. The molecule has 0 radical (unpaired) electrons. The average molecular weight is 241 g/mol. The van der Waals surface area contributed by atoms with Gasteiger partial charge in [-0.15, -0.1) is 0 Å². The van der Waals surface area contributed by atoms with Crippen LogP contribution in [0, 0.1) is 10.8 Å². The van der Waals surface area contributed by atoms with Gasteiger partial charge in [-0.1, -0.05) is 41.5 Å². The van der Waals surface area contributed by atoms with Crippen molar-refractivity contribution in [1.82, 2.24) is 4.90 Å². The monoisotopic (exact) mass is 241 g/mol. The second-order valence-corrected chi connectivity index (χ2v) is 7.87. The standard InChI is InChI=1S/C15H31NO/c1-14(2,3)7-8-16-9-10-17-13(12-16)11-15(4,5)6/h13H,7-12H2,1-6H3/t13-/m1/s1. The smallest absolute Gasteiger partial charge is 0.0707 e. The predicted octanol–water partition coefficient (Wildman–Crippen LogP) is 3.56. The molecule has 17 heavy (non-hydrogen) atoms. The molecule has 0 aromatic carbocycles. The van der Waals surface area contributed by atoms with E-state index in [1.165, 1.54) is 19.4 Å². The van der Waals surface area contributed by atoms with Gasteiger partial charge in [0.15, 0.2) is 0 Å². The Kier molecular flexibility index (Phi) is 5.03. The molecule has 0 amide bonds. The molecule has 1 rings (SSSR count). The summed E-state index contributed by atoms with van der Waals surface area (Å²) in [6.07, 6.45) is 2.87. The van der Waals surface area contributed by atoms with Gasteiger partial charge in [0.05, 0.1) is 12.7 Å². The van der Waals surface area contributed by atoms with Gasteiger partial charge >= 0.3 is 0 Å². The van der Waals surface area contributed by atoms with Crippen LogP contribution in [0.5, 0.6) is 0 Å². The van der Waals surface area contributed by atoms with E-state index < -0.39 is 0 Å². The average Bonchev–Trinajstić information content (AvgIpc) is 2.11. The summed E-state index contributed by atoms with van der Waals surface area (Å²) in [6.45, 7) is 18.2. The molecule has 0 aliphatic carbocycles. The molecule has 0 N–H and O–H groups in total. The van der Waals surface area contributed by atoms with Crippen molar-refractivity contribution in [3.05, 3.63) is 0 Å². The molecule has 0 unspecified atom stereocenters. The number of rotatable bonds is 3. The quantitative estimate of drug-likeness (QED) is 0.749. The van der Waals surface area contributed by atoms with E-state index in [0.29, 0.717) is 16.9 Å². The summed E-state index contributed by atoms with van der Waals surface area (Å²) >= 11 is 0. The molecule has 1 saturated heterocycles. The molecule has 0 aromatic heterocycles. The van der Waals surface area contributed by atoms with Crippen LogP contribution >= 0.6 is 0 Å². The van der Waals surface area contributed by atoms with Gasteiger partial charge in [-0.2, -0.15) is 0 Å². The maximum Gasteiger partial charge on any atom is 0.0707 e. The first-order chi connectivity index (χ1) is 7.66. The summed E-state index contributed by atoms with van der Waals surface area (Å²) in [5.74, 6) is 0. The Morgan fingerprint density at radius 3 is 2.24 bits per heavy atom. The maximum atomic E-state index is 5.87. The van der Waals surface area contributed by atoms with E-state index in [2.05, 4.69) is 46.4 Å². The summed E-state index contributed by atoms with van der Waals surface area (Å²) in [4.78, 5) is 2.57. The summed E-state index contributed by atoms with van der Waals surface area (Å²) in [6, 6.07) is 0. The van der Waals surface area contributed by atoms with Gasteiger partial charge in [-0.05, 0) is 30.2 Å². The summed E-state index contributed by atoms with van der Waals surface area (Å²) in [5.41, 5.74) is 0.815. The number of ether oxygens (including phenoxy) is 1. The van der Waals surface area contributed by atoms with Crippen LogP contribution in [0.3, 0.4) is 0 Å². The molecule has 1 fully saturated rings. The molecule has 1 atom stereocenters. The molecule has 102 valence electrons. The SMILES string of the molecule is CC(C)(C)CCN1CCO[C@H](CC(C)(C)C)C1. The minimum atomic E-state index is 0.373. The van der Waals surface area contributed by atoms with E-state index in [1.54, 1.807) is 0 Å². The summed E-state index contributed by atoms with van der Waals surface area (Å²) in [5, 5.41) is 0. The fourth-order valence-electron chi connectivity index (χ4n) is 2.28. The lowest BCUT2D eigenvalue weighted by atomic mass is 9.88. The first-order valence-corrected chi connectivity index (χ1v) is 7.00. The van der Waals surface area contributed by atoms with Crippen molar-refractivity contribution in [3.63, 3.8) is 0 Å². The highest BCUT2D eigenvalue weighted by atomic mass is 16.5. The highest BCUT2D eigenvalue weighted by Gasteiger charge is 2.25. The minimum Gasteiger partial charge on any atom is -0.376 e. The molecule has 0 aromatic rings. The Balaban J connectivity index is 2.34. The molecule has 0 spiro atoms. The highest BCUT2D eigenvalue weighted by molar-refractivity contribution is 4.77. The lowest BCUT2D eigenvalue weighted by molar-refractivity contribution is -0.0475. The maximum absolute atomic E-state index is 5.87. The van der Waals surface area contributed by atoms with E-state index in [4.69, 9.17) is 4.74 Å². The molecule has 0 bridgehead atoms. The topological polar surface area (TPSA) is 12.5 Å². The number of hydrogen-bond donors (Lipinski definition) is 0. The van der Waals surface area contributed by atoms with Crippen molar-refractivity contribution in [2.24, 2.45) is 10.8 Å². The third-order valence-electron chi connectivity index (χ3n) is 3.24. The minimum absolute atomic E-state index is 0.373. The molecule has 2 heteroatoms. The third-order valence-corrected chi connectivity index (χ3v) is 3.24. The van der Waals surface area contributed by atoms with Crippen LogP contribution in [0.1, 0.15) is 54.4 Å². The van der Waals surface area contributed by atoms with Gasteiger partial charge in [0.25, 0.3) is 0 Å². The Bertz CT molecular complexity index is 224. The van der Waals surface area contributed by atoms with Crippen molar-refractivity contribution in [2.45, 2.75) is 60.5 Å². The number of nitrogens with zero attached hydrogens (tertiary/aromatic N) is 1. The van der Waals surface area contributed by atoms with Crippen LogP contribution in [-0.4, -0.2) is 37.2 Å². The van der Waals surface area contributed by atoms with Crippen LogP contribution in [0.15, 0.2) is 0 Å². The Morgan fingerprint density at radius 1 is 1.06 bits per heavy atom. The van der Waals surface area contributed by atoms with Crippen LogP contribution in [0.4, 0.5) is 0 Å². The van der Waals surface area contributed by atoms with Crippen LogP contribution in [-0.2, 0) is 4.74 Å². The largest absolute Gasteiger partial charge is 0.376 e. The number of hydrogen-bond acceptors (Lipinski definition) is 2. The predicted molar refractivity (Wildman–Crippen MR) is 74.3 cm³/mol. The Hall–Kier alpha value is -0.0800. The van der Waals surface area contributed by atoms with Crippen molar-refractivity contribution in [1.29, 1.82) is 0 Å². The van der Waals surface area contributed by atoms with Crippen molar-refractivity contribution in [2.75, 3.05) is 26.2 Å². The molecular formula is C15H31NO. The van der Waals surface area contributed by atoms with E-state index in [0.717, 1.165) is 19.7 Å².